The highest BCUT2D eigenvalue weighted by atomic mass is 16.5. The number of aliphatic hydroxyl groups excluding tert-OH is 1. The van der Waals surface area contributed by atoms with Gasteiger partial charge in [-0.15, -0.1) is 0 Å². The predicted molar refractivity (Wildman–Crippen MR) is 99.0 cm³/mol. The molecule has 4 heteroatoms. The standard InChI is InChI=1S/C21H27NO3/c23-20-10-13-24-15-18(20)19-8-4-11-22(19)12-14-25-21-9-3-6-16-5-1-2-7-17(16)21/h1-3,5-7,9,18-20,23H,4,8,10-15H2/t18-,19+,20+/m0/s1. The highest BCUT2D eigenvalue weighted by Gasteiger charge is 2.37. The van der Waals surface area contributed by atoms with Crippen molar-refractivity contribution in [3.05, 3.63) is 42.5 Å². The Kier molecular flexibility index (Phi) is 5.20. The van der Waals surface area contributed by atoms with Crippen LogP contribution in [0, 0.1) is 5.92 Å². The van der Waals surface area contributed by atoms with Crippen molar-refractivity contribution < 1.29 is 14.6 Å². The molecule has 0 unspecified atom stereocenters. The van der Waals surface area contributed by atoms with E-state index in [1.807, 2.05) is 12.1 Å². The smallest absolute Gasteiger partial charge is 0.127 e. The molecule has 25 heavy (non-hydrogen) atoms. The lowest BCUT2D eigenvalue weighted by molar-refractivity contribution is -0.0634. The van der Waals surface area contributed by atoms with E-state index >= 15 is 0 Å². The van der Waals surface area contributed by atoms with Gasteiger partial charge in [-0.3, -0.25) is 4.90 Å². The Labute approximate surface area is 149 Å². The first-order valence-electron chi connectivity index (χ1n) is 9.43. The number of fused-ring (bicyclic) bond motifs is 1. The van der Waals surface area contributed by atoms with Crippen molar-refractivity contribution in [1.82, 2.24) is 4.90 Å². The van der Waals surface area contributed by atoms with Crippen LogP contribution in [0.2, 0.25) is 0 Å². The minimum absolute atomic E-state index is 0.224. The van der Waals surface area contributed by atoms with E-state index in [9.17, 15) is 5.11 Å². The summed E-state index contributed by atoms with van der Waals surface area (Å²) >= 11 is 0. The summed E-state index contributed by atoms with van der Waals surface area (Å²) in [6.45, 7) is 4.04. The van der Waals surface area contributed by atoms with Gasteiger partial charge in [0.2, 0.25) is 0 Å². The molecule has 0 saturated carbocycles. The lowest BCUT2D eigenvalue weighted by Gasteiger charge is -2.37. The van der Waals surface area contributed by atoms with Crippen LogP contribution in [0.15, 0.2) is 42.5 Å². The summed E-state index contributed by atoms with van der Waals surface area (Å²) in [5.74, 6) is 1.20. The quantitative estimate of drug-likeness (QED) is 0.907. The van der Waals surface area contributed by atoms with Gasteiger partial charge >= 0.3 is 0 Å². The van der Waals surface area contributed by atoms with Crippen LogP contribution in [0.1, 0.15) is 19.3 Å². The van der Waals surface area contributed by atoms with Crippen molar-refractivity contribution >= 4 is 10.8 Å². The largest absolute Gasteiger partial charge is 0.492 e. The van der Waals surface area contributed by atoms with E-state index in [1.54, 1.807) is 0 Å². The molecule has 2 aliphatic rings. The van der Waals surface area contributed by atoms with Crippen molar-refractivity contribution in [3.8, 4) is 5.75 Å². The fourth-order valence-corrected chi connectivity index (χ4v) is 4.32. The lowest BCUT2D eigenvalue weighted by atomic mass is 9.89. The highest BCUT2D eigenvalue weighted by molar-refractivity contribution is 5.88. The molecule has 0 radical (unpaired) electrons. The van der Waals surface area contributed by atoms with E-state index in [4.69, 9.17) is 9.47 Å². The number of rotatable bonds is 5. The summed E-state index contributed by atoms with van der Waals surface area (Å²) in [5, 5.41) is 12.7. The molecule has 2 aromatic rings. The summed E-state index contributed by atoms with van der Waals surface area (Å²) in [6.07, 6.45) is 2.89. The Morgan fingerprint density at radius 2 is 2.00 bits per heavy atom. The summed E-state index contributed by atoms with van der Waals surface area (Å²) in [6, 6.07) is 15.0. The molecule has 0 amide bonds. The normalized spacial score (nSPS) is 27.6. The third-order valence-corrected chi connectivity index (χ3v) is 5.66. The van der Waals surface area contributed by atoms with Gasteiger partial charge in [-0.2, -0.15) is 0 Å². The number of hydrogen-bond donors (Lipinski definition) is 1. The van der Waals surface area contributed by atoms with Gasteiger partial charge < -0.3 is 14.6 Å². The molecule has 0 bridgehead atoms. The van der Waals surface area contributed by atoms with Crippen molar-refractivity contribution in [2.75, 3.05) is 32.9 Å². The minimum atomic E-state index is -0.224. The zero-order chi connectivity index (χ0) is 17.1. The van der Waals surface area contributed by atoms with Gasteiger partial charge in [-0.25, -0.2) is 0 Å². The molecule has 2 aromatic carbocycles. The van der Waals surface area contributed by atoms with E-state index in [0.717, 1.165) is 31.7 Å². The van der Waals surface area contributed by atoms with Crippen LogP contribution in [0.5, 0.6) is 5.75 Å². The van der Waals surface area contributed by atoms with Gasteiger partial charge in [0.15, 0.2) is 0 Å². The highest BCUT2D eigenvalue weighted by Crippen LogP contribution is 2.30. The Morgan fingerprint density at radius 3 is 2.92 bits per heavy atom. The maximum Gasteiger partial charge on any atom is 0.127 e. The van der Waals surface area contributed by atoms with Gasteiger partial charge in [0.1, 0.15) is 12.4 Å². The van der Waals surface area contributed by atoms with Crippen LogP contribution >= 0.6 is 0 Å². The SMILES string of the molecule is O[C@@H]1CCOC[C@H]1[C@H]1CCCN1CCOc1cccc2ccccc12. The molecule has 4 rings (SSSR count). The van der Waals surface area contributed by atoms with E-state index in [1.165, 1.54) is 17.2 Å². The Hall–Kier alpha value is -1.62. The van der Waals surface area contributed by atoms with Gasteiger partial charge in [0, 0.05) is 30.5 Å². The summed E-state index contributed by atoms with van der Waals surface area (Å²) < 4.78 is 11.7. The summed E-state index contributed by atoms with van der Waals surface area (Å²) in [5.41, 5.74) is 0. The molecule has 2 heterocycles. The zero-order valence-corrected chi connectivity index (χ0v) is 14.6. The molecule has 2 fully saturated rings. The predicted octanol–water partition coefficient (Wildman–Crippen LogP) is 3.08. The van der Waals surface area contributed by atoms with Crippen LogP contribution in [-0.4, -0.2) is 55.1 Å². The van der Waals surface area contributed by atoms with Crippen LogP contribution in [0.3, 0.4) is 0 Å². The second kappa shape index (κ2) is 7.73. The van der Waals surface area contributed by atoms with Crippen molar-refractivity contribution in [3.63, 3.8) is 0 Å². The molecule has 0 aliphatic carbocycles. The Balaban J connectivity index is 1.37. The third-order valence-electron chi connectivity index (χ3n) is 5.66. The van der Waals surface area contributed by atoms with Crippen molar-refractivity contribution in [2.24, 2.45) is 5.92 Å². The lowest BCUT2D eigenvalue weighted by Crippen LogP contribution is -2.47. The molecule has 0 spiro atoms. The molecule has 134 valence electrons. The van der Waals surface area contributed by atoms with Crippen LogP contribution in [0.4, 0.5) is 0 Å². The first kappa shape index (κ1) is 16.8. The topological polar surface area (TPSA) is 41.9 Å². The maximum atomic E-state index is 10.3. The monoisotopic (exact) mass is 341 g/mol. The van der Waals surface area contributed by atoms with Gasteiger partial charge in [0.25, 0.3) is 0 Å². The van der Waals surface area contributed by atoms with Crippen molar-refractivity contribution in [2.45, 2.75) is 31.4 Å². The molecule has 1 N–H and O–H groups in total. The average Bonchev–Trinajstić information content (AvgIpc) is 3.11. The minimum Gasteiger partial charge on any atom is -0.492 e. The van der Waals surface area contributed by atoms with Gasteiger partial charge in [-0.1, -0.05) is 36.4 Å². The second-order valence-electron chi connectivity index (χ2n) is 7.17. The first-order valence-corrected chi connectivity index (χ1v) is 9.43. The number of nitrogens with zero attached hydrogens (tertiary/aromatic N) is 1. The number of benzene rings is 2. The average molecular weight is 341 g/mol. The zero-order valence-electron chi connectivity index (χ0n) is 14.6. The summed E-state index contributed by atoms with van der Waals surface area (Å²) in [4.78, 5) is 2.48. The number of aliphatic hydroxyl groups is 1. The molecule has 2 aliphatic heterocycles. The third kappa shape index (κ3) is 3.66. The van der Waals surface area contributed by atoms with Crippen LogP contribution in [0.25, 0.3) is 10.8 Å². The Morgan fingerprint density at radius 1 is 1.12 bits per heavy atom. The molecular weight excluding hydrogens is 314 g/mol. The van der Waals surface area contributed by atoms with Gasteiger partial charge in [0.05, 0.1) is 12.7 Å². The van der Waals surface area contributed by atoms with Crippen LogP contribution in [-0.2, 0) is 4.74 Å². The number of hydrogen-bond acceptors (Lipinski definition) is 4. The number of ether oxygens (including phenoxy) is 2. The summed E-state index contributed by atoms with van der Waals surface area (Å²) in [7, 11) is 0. The van der Waals surface area contributed by atoms with E-state index in [2.05, 4.69) is 35.2 Å². The fourth-order valence-electron chi connectivity index (χ4n) is 4.32. The molecular formula is C21H27NO3. The molecule has 4 nitrogen and oxygen atoms in total. The number of likely N-dealkylation sites (tertiary alicyclic amines) is 1. The maximum absolute atomic E-state index is 10.3. The van der Waals surface area contributed by atoms with Crippen molar-refractivity contribution in [1.29, 1.82) is 0 Å². The van der Waals surface area contributed by atoms with E-state index < -0.39 is 0 Å². The second-order valence-corrected chi connectivity index (χ2v) is 7.17. The molecule has 3 atom stereocenters. The molecule has 0 aromatic heterocycles. The fraction of sp³-hybridized carbons (Fsp3) is 0.524. The first-order chi connectivity index (χ1) is 12.3. The van der Waals surface area contributed by atoms with Gasteiger partial charge in [-0.05, 0) is 37.3 Å². The Bertz CT molecular complexity index is 699. The van der Waals surface area contributed by atoms with E-state index in [-0.39, 0.29) is 12.0 Å². The van der Waals surface area contributed by atoms with E-state index in [0.29, 0.717) is 25.9 Å². The van der Waals surface area contributed by atoms with Crippen LogP contribution < -0.4 is 4.74 Å². The molecule has 2 saturated heterocycles.